The van der Waals surface area contributed by atoms with Crippen molar-refractivity contribution in [2.45, 2.75) is 13.5 Å². The lowest BCUT2D eigenvalue weighted by molar-refractivity contribution is -0.117. The Balaban J connectivity index is 1.55. The van der Waals surface area contributed by atoms with Gasteiger partial charge in [0.2, 0.25) is 5.91 Å². The van der Waals surface area contributed by atoms with Gasteiger partial charge in [0.05, 0.1) is 10.5 Å². The van der Waals surface area contributed by atoms with E-state index in [0.29, 0.717) is 22.0 Å². The van der Waals surface area contributed by atoms with Crippen molar-refractivity contribution < 1.29 is 23.5 Å². The van der Waals surface area contributed by atoms with Gasteiger partial charge in [-0.15, -0.1) is 0 Å². The van der Waals surface area contributed by atoms with Crippen LogP contribution >= 0.6 is 11.8 Å². The second-order valence-electron chi connectivity index (χ2n) is 5.66. The minimum absolute atomic E-state index is 0.254. The first-order valence-corrected chi connectivity index (χ1v) is 8.51. The predicted molar refractivity (Wildman–Crippen MR) is 95.1 cm³/mol. The number of hydrogen-bond acceptors (Lipinski definition) is 6. The van der Waals surface area contributed by atoms with Crippen LogP contribution in [0.3, 0.4) is 0 Å². The Bertz CT molecular complexity index is 1020. The van der Waals surface area contributed by atoms with Gasteiger partial charge in [0.15, 0.2) is 5.17 Å². The average molecular weight is 368 g/mol. The number of furan rings is 1. The van der Waals surface area contributed by atoms with Gasteiger partial charge in [-0.05, 0) is 36.0 Å². The zero-order chi connectivity index (χ0) is 18.3. The second kappa shape index (κ2) is 6.30. The Morgan fingerprint density at radius 2 is 2.12 bits per heavy atom. The molecule has 2 aliphatic heterocycles. The predicted octanol–water partition coefficient (Wildman–Crippen LogP) is 2.72. The van der Waals surface area contributed by atoms with Crippen molar-refractivity contribution in [2.75, 3.05) is 0 Å². The molecule has 0 aliphatic carbocycles. The van der Waals surface area contributed by atoms with E-state index in [1.807, 2.05) is 6.07 Å². The van der Waals surface area contributed by atoms with Gasteiger partial charge in [0.25, 0.3) is 5.91 Å². The van der Waals surface area contributed by atoms with Crippen LogP contribution < -0.4 is 5.32 Å². The maximum atomic E-state index is 11.9. The molecule has 0 radical (unpaired) electrons. The lowest BCUT2D eigenvalue weighted by Crippen LogP contribution is -2.23. The van der Waals surface area contributed by atoms with Gasteiger partial charge in [-0.25, -0.2) is 4.79 Å². The first-order chi connectivity index (χ1) is 12.5. The molecule has 2 aliphatic rings. The van der Waals surface area contributed by atoms with Crippen LogP contribution in [-0.4, -0.2) is 23.0 Å². The molecule has 2 amide bonds. The molecule has 0 fully saturated rings. The normalized spacial score (nSPS) is 17.3. The number of amidine groups is 1. The maximum Gasteiger partial charge on any atom is 0.338 e. The number of esters is 1. The van der Waals surface area contributed by atoms with Crippen LogP contribution in [0.4, 0.5) is 0 Å². The molecule has 0 bridgehead atoms. The lowest BCUT2D eigenvalue weighted by atomic mass is 10.0. The summed E-state index contributed by atoms with van der Waals surface area (Å²) in [7, 11) is 0. The number of thioether (sulfide) groups is 1. The summed E-state index contributed by atoms with van der Waals surface area (Å²) in [6.07, 6.45) is 1.58. The summed E-state index contributed by atoms with van der Waals surface area (Å²) in [5.74, 6) is 0.0677. The summed E-state index contributed by atoms with van der Waals surface area (Å²) in [5, 5.41) is 2.74. The molecule has 26 heavy (non-hydrogen) atoms. The number of benzene rings is 1. The van der Waals surface area contributed by atoms with E-state index >= 15 is 0 Å². The molecule has 1 aromatic heterocycles. The molecule has 1 aromatic carbocycles. The van der Waals surface area contributed by atoms with Crippen LogP contribution in [0.2, 0.25) is 0 Å². The van der Waals surface area contributed by atoms with E-state index in [1.165, 1.54) is 6.92 Å². The molecule has 1 N–H and O–H groups in total. The number of hydrogen-bond donors (Lipinski definition) is 1. The highest BCUT2D eigenvalue weighted by Gasteiger charge is 2.24. The molecule has 7 nitrogen and oxygen atoms in total. The van der Waals surface area contributed by atoms with Gasteiger partial charge in [-0.3, -0.25) is 9.59 Å². The molecule has 130 valence electrons. The summed E-state index contributed by atoms with van der Waals surface area (Å²) >= 11 is 1.08. The molecule has 0 spiro atoms. The van der Waals surface area contributed by atoms with Crippen LogP contribution in [0.1, 0.15) is 28.6 Å². The SMILES string of the molecule is CC(=O)NC1=NC(=O)/C(=C\c2ccc(-c3ccc4c(c3)COC4=O)o2)S1. The lowest BCUT2D eigenvalue weighted by Gasteiger charge is -1.99. The van der Waals surface area contributed by atoms with Gasteiger partial charge in [0.1, 0.15) is 18.1 Å². The van der Waals surface area contributed by atoms with E-state index in [2.05, 4.69) is 10.3 Å². The van der Waals surface area contributed by atoms with Crippen molar-refractivity contribution in [3.05, 3.63) is 52.1 Å². The Hall–Kier alpha value is -3.13. The Morgan fingerprint density at radius 1 is 1.27 bits per heavy atom. The van der Waals surface area contributed by atoms with Crippen molar-refractivity contribution in [3.8, 4) is 11.3 Å². The highest BCUT2D eigenvalue weighted by Crippen LogP contribution is 2.31. The minimum Gasteiger partial charge on any atom is -0.457 e. The third-order valence-corrected chi connectivity index (χ3v) is 4.67. The number of aliphatic imine (C=N–C) groups is 1. The monoisotopic (exact) mass is 368 g/mol. The second-order valence-corrected chi connectivity index (χ2v) is 6.69. The molecule has 0 unspecified atom stereocenters. The summed E-state index contributed by atoms with van der Waals surface area (Å²) in [5.41, 5.74) is 2.20. The first kappa shape index (κ1) is 16.3. The molecule has 3 heterocycles. The Morgan fingerprint density at radius 3 is 2.92 bits per heavy atom. The Labute approximate surface area is 152 Å². The van der Waals surface area contributed by atoms with Gasteiger partial charge in [-0.2, -0.15) is 4.99 Å². The fraction of sp³-hybridized carbons (Fsp3) is 0.111. The number of nitrogens with one attached hydrogen (secondary N) is 1. The highest BCUT2D eigenvalue weighted by atomic mass is 32.2. The molecule has 0 saturated carbocycles. The number of cyclic esters (lactones) is 1. The van der Waals surface area contributed by atoms with Crippen LogP contribution in [0.25, 0.3) is 17.4 Å². The van der Waals surface area contributed by atoms with Gasteiger partial charge >= 0.3 is 5.97 Å². The van der Waals surface area contributed by atoms with Crippen LogP contribution in [-0.2, 0) is 20.9 Å². The summed E-state index contributed by atoms with van der Waals surface area (Å²) < 4.78 is 10.8. The van der Waals surface area contributed by atoms with Crippen molar-refractivity contribution in [1.82, 2.24) is 5.32 Å². The third-order valence-electron chi connectivity index (χ3n) is 3.77. The summed E-state index contributed by atoms with van der Waals surface area (Å²) in [4.78, 5) is 38.6. The van der Waals surface area contributed by atoms with E-state index < -0.39 is 5.91 Å². The van der Waals surface area contributed by atoms with Crippen molar-refractivity contribution in [2.24, 2.45) is 4.99 Å². The van der Waals surface area contributed by atoms with E-state index in [1.54, 1.807) is 30.3 Å². The summed E-state index contributed by atoms with van der Waals surface area (Å²) in [6, 6.07) is 8.87. The number of nitrogens with zero attached hydrogens (tertiary/aromatic N) is 1. The van der Waals surface area contributed by atoms with E-state index in [9.17, 15) is 14.4 Å². The van der Waals surface area contributed by atoms with E-state index in [0.717, 1.165) is 22.9 Å². The first-order valence-electron chi connectivity index (χ1n) is 7.70. The molecule has 0 atom stereocenters. The average Bonchev–Trinajstić information content (AvgIpc) is 3.28. The Kier molecular flexibility index (Phi) is 3.96. The smallest absolute Gasteiger partial charge is 0.338 e. The minimum atomic E-state index is -0.426. The van der Waals surface area contributed by atoms with Crippen LogP contribution in [0, 0.1) is 0 Å². The fourth-order valence-electron chi connectivity index (χ4n) is 2.61. The van der Waals surface area contributed by atoms with Crippen molar-refractivity contribution in [3.63, 3.8) is 0 Å². The number of fused-ring (bicyclic) bond motifs is 1. The van der Waals surface area contributed by atoms with Crippen molar-refractivity contribution >= 4 is 40.8 Å². The largest absolute Gasteiger partial charge is 0.457 e. The van der Waals surface area contributed by atoms with Gasteiger partial charge < -0.3 is 14.5 Å². The highest BCUT2D eigenvalue weighted by molar-refractivity contribution is 8.18. The van der Waals surface area contributed by atoms with Gasteiger partial charge in [-0.1, -0.05) is 6.07 Å². The topological polar surface area (TPSA) is 98.0 Å². The zero-order valence-electron chi connectivity index (χ0n) is 13.6. The molecule has 0 saturated heterocycles. The zero-order valence-corrected chi connectivity index (χ0v) is 14.4. The number of ether oxygens (including phenoxy) is 1. The number of rotatable bonds is 2. The number of carbonyl (C=O) groups excluding carboxylic acids is 3. The van der Waals surface area contributed by atoms with Crippen LogP contribution in [0.15, 0.2) is 44.6 Å². The van der Waals surface area contributed by atoms with Gasteiger partial charge in [0, 0.05) is 24.1 Å². The molecule has 2 aromatic rings. The number of carbonyl (C=O) groups is 3. The molecule has 4 rings (SSSR count). The molecular formula is C18H12N2O5S. The maximum absolute atomic E-state index is 11.9. The van der Waals surface area contributed by atoms with E-state index in [4.69, 9.17) is 9.15 Å². The quantitative estimate of drug-likeness (QED) is 0.646. The third kappa shape index (κ3) is 3.06. The van der Waals surface area contributed by atoms with Crippen LogP contribution in [0.5, 0.6) is 0 Å². The summed E-state index contributed by atoms with van der Waals surface area (Å²) in [6.45, 7) is 1.61. The standard InChI is InChI=1S/C18H12N2O5S/c1-9(21)19-18-20-16(22)15(26-18)7-12-3-5-14(25-12)10-2-4-13-11(6-10)8-24-17(13)23/h2-7H,8H2,1H3,(H,19,20,21,22)/b15-7+. The van der Waals surface area contributed by atoms with Crippen molar-refractivity contribution in [1.29, 1.82) is 0 Å². The molecule has 8 heteroatoms. The molecular weight excluding hydrogens is 356 g/mol. The fourth-order valence-corrected chi connectivity index (χ4v) is 3.45. The number of amides is 2. The van der Waals surface area contributed by atoms with E-state index in [-0.39, 0.29) is 23.7 Å².